The van der Waals surface area contributed by atoms with Crippen LogP contribution in [0, 0.1) is 5.92 Å². The maximum Gasteiger partial charge on any atom is 0.268 e. The molecule has 5 heteroatoms. The fourth-order valence-corrected chi connectivity index (χ4v) is 2.07. The smallest absolute Gasteiger partial charge is 0.268 e. The highest BCUT2D eigenvalue weighted by Gasteiger charge is 2.08. The molecule has 0 saturated heterocycles. The second-order valence-electron chi connectivity index (χ2n) is 4.82. The van der Waals surface area contributed by atoms with Crippen LogP contribution in [0.5, 0.6) is 0 Å². The van der Waals surface area contributed by atoms with Crippen molar-refractivity contribution in [2.24, 2.45) is 5.92 Å². The normalized spacial score (nSPS) is 12.4. The highest BCUT2D eigenvalue weighted by atomic mass is 16.1. The zero-order chi connectivity index (χ0) is 14.3. The van der Waals surface area contributed by atoms with Crippen molar-refractivity contribution in [1.82, 2.24) is 15.1 Å². The summed E-state index contributed by atoms with van der Waals surface area (Å²) >= 11 is 0. The first-order chi connectivity index (χ1) is 9.12. The fourth-order valence-electron chi connectivity index (χ4n) is 2.07. The molecule has 0 spiro atoms. The maximum absolute atomic E-state index is 12.0. The van der Waals surface area contributed by atoms with E-state index >= 15 is 0 Å². The van der Waals surface area contributed by atoms with Crippen molar-refractivity contribution in [2.45, 2.75) is 34.2 Å². The molecule has 5 nitrogen and oxygen atoms in total. The molecule has 0 fully saturated rings. The first-order valence-electron chi connectivity index (χ1n) is 7.15. The summed E-state index contributed by atoms with van der Waals surface area (Å²) in [5, 5.41) is 7.56. The standard InChI is InChI=1S/C14H26N4O/c1-5-15-9-12(4)11-18-14(19)8-13(10-16-18)17(6-2)7-3/h8,10,12,15H,5-7,9,11H2,1-4H3. The van der Waals surface area contributed by atoms with E-state index in [9.17, 15) is 4.79 Å². The molecule has 0 bridgehead atoms. The Morgan fingerprint density at radius 1 is 1.37 bits per heavy atom. The molecular formula is C14H26N4O. The molecule has 1 N–H and O–H groups in total. The van der Waals surface area contributed by atoms with Crippen molar-refractivity contribution in [2.75, 3.05) is 31.1 Å². The molecular weight excluding hydrogens is 240 g/mol. The van der Waals surface area contributed by atoms with Gasteiger partial charge in [-0.1, -0.05) is 13.8 Å². The minimum absolute atomic E-state index is 0.0206. The molecule has 108 valence electrons. The molecule has 1 unspecified atom stereocenters. The topological polar surface area (TPSA) is 50.2 Å². The van der Waals surface area contributed by atoms with E-state index in [1.165, 1.54) is 0 Å². The van der Waals surface area contributed by atoms with E-state index in [1.807, 2.05) is 0 Å². The van der Waals surface area contributed by atoms with Gasteiger partial charge in [-0.3, -0.25) is 4.79 Å². The van der Waals surface area contributed by atoms with Gasteiger partial charge in [-0.2, -0.15) is 5.10 Å². The third-order valence-electron chi connectivity index (χ3n) is 3.21. The molecule has 0 aromatic carbocycles. The highest BCUT2D eigenvalue weighted by molar-refractivity contribution is 5.42. The SMILES string of the molecule is CCNCC(C)Cn1ncc(N(CC)CC)cc1=O. The van der Waals surface area contributed by atoms with Gasteiger partial charge >= 0.3 is 0 Å². The van der Waals surface area contributed by atoms with Crippen molar-refractivity contribution in [1.29, 1.82) is 0 Å². The van der Waals surface area contributed by atoms with Gasteiger partial charge in [-0.05, 0) is 32.9 Å². The van der Waals surface area contributed by atoms with E-state index in [4.69, 9.17) is 0 Å². The molecule has 0 saturated carbocycles. The number of aromatic nitrogens is 2. The summed E-state index contributed by atoms with van der Waals surface area (Å²) in [6.07, 6.45) is 1.79. The quantitative estimate of drug-likeness (QED) is 0.771. The largest absolute Gasteiger partial charge is 0.371 e. The lowest BCUT2D eigenvalue weighted by atomic mass is 10.2. The second-order valence-corrected chi connectivity index (χ2v) is 4.82. The number of hydrogen-bond donors (Lipinski definition) is 1. The number of hydrogen-bond acceptors (Lipinski definition) is 4. The van der Waals surface area contributed by atoms with Crippen molar-refractivity contribution in [3.63, 3.8) is 0 Å². The number of nitrogens with one attached hydrogen (secondary N) is 1. The minimum Gasteiger partial charge on any atom is -0.371 e. The van der Waals surface area contributed by atoms with Gasteiger partial charge in [0.2, 0.25) is 0 Å². The summed E-state index contributed by atoms with van der Waals surface area (Å²) in [6, 6.07) is 1.68. The van der Waals surface area contributed by atoms with Gasteiger partial charge < -0.3 is 10.2 Å². The minimum atomic E-state index is -0.0206. The second kappa shape index (κ2) is 7.94. The van der Waals surface area contributed by atoms with Gasteiger partial charge in [-0.15, -0.1) is 0 Å². The predicted octanol–water partition coefficient (Wildman–Crippen LogP) is 1.34. The molecule has 0 amide bonds. The van der Waals surface area contributed by atoms with Crippen LogP contribution in [0.2, 0.25) is 0 Å². The number of rotatable bonds is 8. The zero-order valence-electron chi connectivity index (χ0n) is 12.5. The van der Waals surface area contributed by atoms with Crippen LogP contribution in [-0.2, 0) is 6.54 Å². The molecule has 0 radical (unpaired) electrons. The van der Waals surface area contributed by atoms with E-state index in [1.54, 1.807) is 16.9 Å². The average Bonchev–Trinajstić information content (AvgIpc) is 2.41. The third kappa shape index (κ3) is 4.67. The van der Waals surface area contributed by atoms with Crippen LogP contribution in [0.25, 0.3) is 0 Å². The predicted molar refractivity (Wildman–Crippen MR) is 79.8 cm³/mol. The van der Waals surface area contributed by atoms with Crippen LogP contribution in [0.15, 0.2) is 17.1 Å². The van der Waals surface area contributed by atoms with Gasteiger partial charge in [0, 0.05) is 25.7 Å². The van der Waals surface area contributed by atoms with Crippen molar-refractivity contribution >= 4 is 5.69 Å². The van der Waals surface area contributed by atoms with Crippen LogP contribution < -0.4 is 15.8 Å². The molecule has 0 aliphatic heterocycles. The Morgan fingerprint density at radius 3 is 2.58 bits per heavy atom. The number of nitrogens with zero attached hydrogens (tertiary/aromatic N) is 3. The summed E-state index contributed by atoms with van der Waals surface area (Å²) in [5.74, 6) is 0.393. The van der Waals surface area contributed by atoms with Gasteiger partial charge in [0.05, 0.1) is 11.9 Å². The van der Waals surface area contributed by atoms with Gasteiger partial charge in [0.25, 0.3) is 5.56 Å². The van der Waals surface area contributed by atoms with Crippen molar-refractivity contribution < 1.29 is 0 Å². The first-order valence-corrected chi connectivity index (χ1v) is 7.15. The average molecular weight is 266 g/mol. The van der Waals surface area contributed by atoms with Gasteiger partial charge in [0.15, 0.2) is 0 Å². The fraction of sp³-hybridized carbons (Fsp3) is 0.714. The molecule has 19 heavy (non-hydrogen) atoms. The molecule has 0 aliphatic rings. The van der Waals surface area contributed by atoms with Gasteiger partial charge in [-0.25, -0.2) is 4.68 Å². The summed E-state index contributed by atoms with van der Waals surface area (Å²) < 4.78 is 1.55. The van der Waals surface area contributed by atoms with E-state index in [-0.39, 0.29) is 5.56 Å². The molecule has 1 heterocycles. The lowest BCUT2D eigenvalue weighted by Crippen LogP contribution is -2.31. The van der Waals surface area contributed by atoms with Crippen LogP contribution in [-0.4, -0.2) is 36.0 Å². The van der Waals surface area contributed by atoms with Gasteiger partial charge in [0.1, 0.15) is 0 Å². The van der Waals surface area contributed by atoms with E-state index in [2.05, 4.69) is 43.0 Å². The Hall–Kier alpha value is -1.36. The maximum atomic E-state index is 12.0. The lowest BCUT2D eigenvalue weighted by Gasteiger charge is -2.20. The van der Waals surface area contributed by atoms with Crippen molar-refractivity contribution in [3.8, 4) is 0 Å². The highest BCUT2D eigenvalue weighted by Crippen LogP contribution is 2.08. The molecule has 1 atom stereocenters. The Balaban J connectivity index is 2.74. The summed E-state index contributed by atoms with van der Waals surface area (Å²) in [4.78, 5) is 14.2. The molecule has 1 aromatic rings. The lowest BCUT2D eigenvalue weighted by molar-refractivity contribution is 0.414. The van der Waals surface area contributed by atoms with E-state index in [0.29, 0.717) is 12.5 Å². The van der Waals surface area contributed by atoms with Crippen LogP contribution in [0.4, 0.5) is 5.69 Å². The van der Waals surface area contributed by atoms with E-state index in [0.717, 1.165) is 31.9 Å². The zero-order valence-corrected chi connectivity index (χ0v) is 12.5. The Bertz CT molecular complexity index is 426. The Morgan fingerprint density at radius 2 is 2.05 bits per heavy atom. The Labute approximate surface area is 115 Å². The Kier molecular flexibility index (Phi) is 6.56. The number of anilines is 1. The molecule has 0 aliphatic carbocycles. The monoisotopic (exact) mass is 266 g/mol. The van der Waals surface area contributed by atoms with Crippen LogP contribution in [0.3, 0.4) is 0 Å². The first kappa shape index (κ1) is 15.7. The molecule has 1 aromatic heterocycles. The molecule has 1 rings (SSSR count). The van der Waals surface area contributed by atoms with Crippen molar-refractivity contribution in [3.05, 3.63) is 22.6 Å². The van der Waals surface area contributed by atoms with E-state index < -0.39 is 0 Å². The van der Waals surface area contributed by atoms with Crippen LogP contribution in [0.1, 0.15) is 27.7 Å². The summed E-state index contributed by atoms with van der Waals surface area (Å²) in [6.45, 7) is 12.6. The summed E-state index contributed by atoms with van der Waals surface area (Å²) in [5.41, 5.74) is 0.887. The summed E-state index contributed by atoms with van der Waals surface area (Å²) in [7, 11) is 0. The van der Waals surface area contributed by atoms with Crippen LogP contribution >= 0.6 is 0 Å². The third-order valence-corrected chi connectivity index (χ3v) is 3.21.